The van der Waals surface area contributed by atoms with Gasteiger partial charge in [-0.25, -0.2) is 0 Å². The van der Waals surface area contributed by atoms with Crippen LogP contribution in [0.3, 0.4) is 0 Å². The molecule has 0 aliphatic heterocycles. The summed E-state index contributed by atoms with van der Waals surface area (Å²) in [4.78, 5) is 4.25. The lowest BCUT2D eigenvalue weighted by molar-refractivity contribution is 0.544. The van der Waals surface area contributed by atoms with E-state index < -0.39 is 0 Å². The smallest absolute Gasteiger partial charge is 0.0760 e. The van der Waals surface area contributed by atoms with Crippen molar-refractivity contribution in [2.24, 2.45) is 0 Å². The second-order valence-corrected chi connectivity index (χ2v) is 4.17. The highest BCUT2D eigenvalue weighted by atomic mass is 35.5. The zero-order valence-electron chi connectivity index (χ0n) is 9.35. The fourth-order valence-electron chi connectivity index (χ4n) is 1.44. The lowest BCUT2D eigenvalue weighted by Gasteiger charge is -2.15. The third kappa shape index (κ3) is 3.68. The molecule has 0 fully saturated rings. The predicted octanol–water partition coefficient (Wildman–Crippen LogP) is 3.45. The zero-order valence-corrected chi connectivity index (χ0v) is 10.9. The summed E-state index contributed by atoms with van der Waals surface area (Å²) >= 11 is 11.9. The molecule has 0 bridgehead atoms. The van der Waals surface area contributed by atoms with Crippen molar-refractivity contribution in [3.63, 3.8) is 0 Å². The van der Waals surface area contributed by atoms with E-state index in [1.165, 1.54) is 0 Å². The first-order chi connectivity index (χ1) is 7.69. The molecule has 1 aromatic heterocycles. The summed E-state index contributed by atoms with van der Waals surface area (Å²) in [7, 11) is 1.89. The van der Waals surface area contributed by atoms with Gasteiger partial charge in [0.25, 0.3) is 0 Å². The Morgan fingerprint density at radius 1 is 1.50 bits per heavy atom. The molecule has 1 rings (SSSR count). The topological polar surface area (TPSA) is 24.9 Å². The second-order valence-electron chi connectivity index (χ2n) is 3.33. The Balaban J connectivity index is 2.80. The fraction of sp³-hybridized carbons (Fsp3) is 0.417. The molecule has 86 valence electrons. The van der Waals surface area contributed by atoms with E-state index >= 15 is 0 Å². The molecule has 1 N–H and O–H groups in total. The molecule has 2 nitrogen and oxygen atoms in total. The zero-order chi connectivity index (χ0) is 12.0. The number of rotatable bonds is 4. The molecule has 0 saturated heterocycles. The first-order valence-corrected chi connectivity index (χ1v) is 5.82. The highest BCUT2D eigenvalue weighted by molar-refractivity contribution is 6.34. The van der Waals surface area contributed by atoms with Crippen molar-refractivity contribution < 1.29 is 0 Å². The van der Waals surface area contributed by atoms with Crippen LogP contribution in [0.5, 0.6) is 0 Å². The van der Waals surface area contributed by atoms with Crippen LogP contribution in [0, 0.1) is 11.8 Å². The lowest BCUT2D eigenvalue weighted by atomic mass is 10.1. The highest BCUT2D eigenvalue weighted by Crippen LogP contribution is 2.26. The number of hydrogen-bond acceptors (Lipinski definition) is 2. The molecule has 1 atom stereocenters. The van der Waals surface area contributed by atoms with Gasteiger partial charge in [-0.2, -0.15) is 0 Å². The van der Waals surface area contributed by atoms with Gasteiger partial charge in [-0.1, -0.05) is 23.2 Å². The van der Waals surface area contributed by atoms with Crippen LogP contribution < -0.4 is 5.32 Å². The van der Waals surface area contributed by atoms with E-state index in [0.717, 1.165) is 18.5 Å². The van der Waals surface area contributed by atoms with Gasteiger partial charge in [-0.05, 0) is 26.5 Å². The summed E-state index contributed by atoms with van der Waals surface area (Å²) in [6.07, 6.45) is 3.31. The summed E-state index contributed by atoms with van der Waals surface area (Å²) in [6, 6.07) is 1.83. The molecule has 4 heteroatoms. The summed E-state index contributed by atoms with van der Waals surface area (Å²) < 4.78 is 0. The molecule has 0 radical (unpaired) electrons. The third-order valence-corrected chi connectivity index (χ3v) is 2.76. The Labute approximate surface area is 106 Å². The highest BCUT2D eigenvalue weighted by Gasteiger charge is 2.13. The van der Waals surface area contributed by atoms with Crippen molar-refractivity contribution in [3.05, 3.63) is 28.0 Å². The minimum Gasteiger partial charge on any atom is -0.312 e. The molecule has 1 aromatic rings. The minimum absolute atomic E-state index is 0.116. The number of nitrogens with zero attached hydrogens (tertiary/aromatic N) is 1. The van der Waals surface area contributed by atoms with E-state index in [-0.39, 0.29) is 6.04 Å². The van der Waals surface area contributed by atoms with Crippen LogP contribution in [0.4, 0.5) is 0 Å². The third-order valence-electron chi connectivity index (χ3n) is 2.25. The van der Waals surface area contributed by atoms with Crippen LogP contribution >= 0.6 is 23.2 Å². The quantitative estimate of drug-likeness (QED) is 0.835. The number of nitrogens with one attached hydrogen (secondary N) is 1. The van der Waals surface area contributed by atoms with E-state index in [9.17, 15) is 0 Å². The Morgan fingerprint density at radius 3 is 2.81 bits per heavy atom. The van der Waals surface area contributed by atoms with Gasteiger partial charge in [0, 0.05) is 12.6 Å². The van der Waals surface area contributed by atoms with E-state index in [0.29, 0.717) is 10.0 Å². The number of pyridine rings is 1. The Bertz CT molecular complexity index is 407. The van der Waals surface area contributed by atoms with Gasteiger partial charge in [0.1, 0.15) is 0 Å². The molecule has 0 saturated carbocycles. The van der Waals surface area contributed by atoms with E-state index in [2.05, 4.69) is 22.1 Å². The van der Waals surface area contributed by atoms with Gasteiger partial charge in [-0.3, -0.25) is 4.98 Å². The van der Waals surface area contributed by atoms with Crippen LogP contribution in [0.1, 0.15) is 31.5 Å². The lowest BCUT2D eigenvalue weighted by Crippen LogP contribution is -2.17. The molecule has 0 amide bonds. The summed E-state index contributed by atoms with van der Waals surface area (Å²) in [5, 5.41) is 4.33. The number of halogens is 2. The van der Waals surface area contributed by atoms with Gasteiger partial charge < -0.3 is 5.32 Å². The molecular formula is C12H14Cl2N2. The number of aromatic nitrogens is 1. The maximum Gasteiger partial charge on any atom is 0.0760 e. The molecule has 0 spiro atoms. The van der Waals surface area contributed by atoms with Crippen molar-refractivity contribution in [3.8, 4) is 11.8 Å². The van der Waals surface area contributed by atoms with Crippen molar-refractivity contribution in [2.75, 3.05) is 7.05 Å². The molecular weight excluding hydrogens is 243 g/mol. The SMILES string of the molecule is CC#CCCC(NC)c1ncc(Cl)cc1Cl. The molecule has 0 aliphatic rings. The monoisotopic (exact) mass is 256 g/mol. The molecule has 1 unspecified atom stereocenters. The van der Waals surface area contributed by atoms with E-state index in [1.54, 1.807) is 12.3 Å². The average Bonchev–Trinajstić information content (AvgIpc) is 2.26. The maximum atomic E-state index is 6.09. The van der Waals surface area contributed by atoms with Gasteiger partial charge in [0.05, 0.1) is 21.8 Å². The largest absolute Gasteiger partial charge is 0.312 e. The normalized spacial score (nSPS) is 11.8. The fourth-order valence-corrected chi connectivity index (χ4v) is 1.95. The molecule has 16 heavy (non-hydrogen) atoms. The van der Waals surface area contributed by atoms with Crippen LogP contribution in [-0.2, 0) is 0 Å². The van der Waals surface area contributed by atoms with Crippen molar-refractivity contribution in [1.82, 2.24) is 10.3 Å². The summed E-state index contributed by atoms with van der Waals surface area (Å²) in [6.45, 7) is 1.84. The molecule has 1 heterocycles. The minimum atomic E-state index is 0.116. The van der Waals surface area contributed by atoms with Crippen LogP contribution in [0.2, 0.25) is 10.0 Å². The van der Waals surface area contributed by atoms with Crippen LogP contribution in [0.15, 0.2) is 12.3 Å². The Morgan fingerprint density at radius 2 is 2.25 bits per heavy atom. The van der Waals surface area contributed by atoms with Crippen molar-refractivity contribution in [2.45, 2.75) is 25.8 Å². The first-order valence-electron chi connectivity index (χ1n) is 5.06. The van der Waals surface area contributed by atoms with E-state index in [4.69, 9.17) is 23.2 Å². The van der Waals surface area contributed by atoms with Gasteiger partial charge in [-0.15, -0.1) is 11.8 Å². The standard InChI is InChI=1S/C12H14Cl2N2/c1-3-4-5-6-11(15-2)12-10(14)7-9(13)8-16-12/h7-8,11,15H,5-6H2,1-2H3. The van der Waals surface area contributed by atoms with Gasteiger partial charge in [0.2, 0.25) is 0 Å². The first kappa shape index (κ1) is 13.3. The van der Waals surface area contributed by atoms with Crippen molar-refractivity contribution in [1.29, 1.82) is 0 Å². The maximum absolute atomic E-state index is 6.09. The Kier molecular flexibility index (Phi) is 5.62. The van der Waals surface area contributed by atoms with Crippen LogP contribution in [-0.4, -0.2) is 12.0 Å². The molecule has 0 aromatic carbocycles. The van der Waals surface area contributed by atoms with Gasteiger partial charge in [0.15, 0.2) is 0 Å². The van der Waals surface area contributed by atoms with Crippen LogP contribution in [0.25, 0.3) is 0 Å². The van der Waals surface area contributed by atoms with E-state index in [1.807, 2.05) is 14.0 Å². The van der Waals surface area contributed by atoms with Gasteiger partial charge >= 0.3 is 0 Å². The average molecular weight is 257 g/mol. The molecule has 0 aliphatic carbocycles. The summed E-state index contributed by atoms with van der Waals surface area (Å²) in [5.74, 6) is 5.90. The number of hydrogen-bond donors (Lipinski definition) is 1. The second kappa shape index (κ2) is 6.75. The summed E-state index contributed by atoms with van der Waals surface area (Å²) in [5.41, 5.74) is 0.825. The predicted molar refractivity (Wildman–Crippen MR) is 68.7 cm³/mol. The Hall–Kier alpha value is -0.750. The van der Waals surface area contributed by atoms with Crippen molar-refractivity contribution >= 4 is 23.2 Å².